The molecule has 2 rings (SSSR count). The summed E-state index contributed by atoms with van der Waals surface area (Å²) in [4.78, 5) is 48.8. The molecule has 6 N–H and O–H groups in total. The molecule has 0 aliphatic heterocycles. The van der Waals surface area contributed by atoms with Gasteiger partial charge in [-0.05, 0) is 36.6 Å². The Labute approximate surface area is 197 Å². The predicted molar refractivity (Wildman–Crippen MR) is 124 cm³/mol. The zero-order chi connectivity index (χ0) is 25.1. The molecule has 182 valence electrons. The fraction of sp³-hybridized carbons (Fsp3) is 0.333. The number of nitrogens with two attached hydrogens (primary N) is 1. The third kappa shape index (κ3) is 8.55. The third-order valence-corrected chi connectivity index (χ3v) is 5.06. The first kappa shape index (κ1) is 26.3. The molecule has 0 heterocycles. The number of aromatic hydroxyl groups is 1. The van der Waals surface area contributed by atoms with Gasteiger partial charge in [-0.3, -0.25) is 24.5 Å². The Morgan fingerprint density at radius 1 is 0.912 bits per heavy atom. The van der Waals surface area contributed by atoms with Crippen molar-refractivity contribution in [1.82, 2.24) is 16.0 Å². The van der Waals surface area contributed by atoms with Gasteiger partial charge >= 0.3 is 5.97 Å². The maximum atomic E-state index is 12.9. The molecule has 0 bridgehead atoms. The van der Waals surface area contributed by atoms with Gasteiger partial charge in [0.2, 0.25) is 17.7 Å². The van der Waals surface area contributed by atoms with Gasteiger partial charge in [-0.15, -0.1) is 0 Å². The molecule has 3 amide bonds. The van der Waals surface area contributed by atoms with E-state index in [2.05, 4.69) is 16.0 Å². The second kappa shape index (κ2) is 12.9. The fourth-order valence-corrected chi connectivity index (χ4v) is 3.25. The van der Waals surface area contributed by atoms with E-state index in [1.807, 2.05) is 30.3 Å². The van der Waals surface area contributed by atoms with E-state index < -0.39 is 41.8 Å². The highest BCUT2D eigenvalue weighted by atomic mass is 16.5. The lowest BCUT2D eigenvalue weighted by Gasteiger charge is -2.24. The van der Waals surface area contributed by atoms with Crippen LogP contribution >= 0.6 is 0 Å². The summed E-state index contributed by atoms with van der Waals surface area (Å²) < 4.78 is 4.85. The summed E-state index contributed by atoms with van der Waals surface area (Å²) in [5.41, 5.74) is 6.66. The Balaban J connectivity index is 2.09. The second-order valence-corrected chi connectivity index (χ2v) is 7.77. The number of primary amides is 1. The third-order valence-electron chi connectivity index (χ3n) is 5.06. The Morgan fingerprint density at radius 3 is 2.09 bits per heavy atom. The maximum Gasteiger partial charge on any atom is 0.323 e. The highest BCUT2D eigenvalue weighted by Crippen LogP contribution is 2.12. The molecule has 0 aliphatic carbocycles. The number of phenolic OH excluding ortho intramolecular Hbond substituents is 1. The molecular formula is C24H30N4O6. The summed E-state index contributed by atoms with van der Waals surface area (Å²) in [6.45, 7) is 1.20. The van der Waals surface area contributed by atoms with Gasteiger partial charge in [-0.1, -0.05) is 42.5 Å². The number of nitrogens with one attached hydrogen (secondary N) is 3. The standard InChI is InChI=1S/C24H30N4O6/c1-15(27-20(24(33)34-2)13-17-8-10-18(29)11-9-17)22(31)28-19(23(32)26-14-21(25)30)12-16-6-4-3-5-7-16/h3-11,15,19-20,27,29H,12-14H2,1-2H3,(H2,25,30)(H,26,32)(H,28,31)/t15-,19+,20-/m1/s1. The summed E-state index contributed by atoms with van der Waals surface area (Å²) in [7, 11) is 1.25. The van der Waals surface area contributed by atoms with Crippen molar-refractivity contribution in [1.29, 1.82) is 0 Å². The Kier molecular flexibility index (Phi) is 10.0. The minimum absolute atomic E-state index is 0.0955. The molecule has 10 heteroatoms. The molecule has 0 radical (unpaired) electrons. The zero-order valence-electron chi connectivity index (χ0n) is 19.1. The number of rotatable bonds is 12. The van der Waals surface area contributed by atoms with Crippen LogP contribution in [0.3, 0.4) is 0 Å². The molecule has 0 spiro atoms. The number of carbonyl (C=O) groups excluding carboxylic acids is 4. The topological polar surface area (TPSA) is 160 Å². The van der Waals surface area contributed by atoms with Gasteiger partial charge in [0.1, 0.15) is 17.8 Å². The fourth-order valence-electron chi connectivity index (χ4n) is 3.25. The molecule has 0 fully saturated rings. The first-order valence-electron chi connectivity index (χ1n) is 10.7. The van der Waals surface area contributed by atoms with Crippen LogP contribution in [-0.2, 0) is 36.8 Å². The van der Waals surface area contributed by atoms with Crippen molar-refractivity contribution in [2.75, 3.05) is 13.7 Å². The first-order chi connectivity index (χ1) is 16.2. The molecule has 3 atom stereocenters. The minimum atomic E-state index is -0.966. The van der Waals surface area contributed by atoms with Crippen molar-refractivity contribution in [3.63, 3.8) is 0 Å². The summed E-state index contributed by atoms with van der Waals surface area (Å²) in [5, 5.41) is 17.5. The number of hydrogen-bond donors (Lipinski definition) is 5. The summed E-state index contributed by atoms with van der Waals surface area (Å²) in [6.07, 6.45) is 0.412. The number of ether oxygens (including phenoxy) is 1. The van der Waals surface area contributed by atoms with Crippen molar-refractivity contribution < 1.29 is 29.0 Å². The number of methoxy groups -OCH3 is 1. The lowest BCUT2D eigenvalue weighted by Crippen LogP contribution is -2.56. The molecule has 2 aromatic rings. The summed E-state index contributed by atoms with van der Waals surface area (Å²) in [5.74, 6) is -2.25. The van der Waals surface area contributed by atoms with Gasteiger partial charge in [-0.2, -0.15) is 0 Å². The Hall–Kier alpha value is -3.92. The van der Waals surface area contributed by atoms with Gasteiger partial charge in [0.15, 0.2) is 0 Å². The molecule has 0 unspecified atom stereocenters. The number of carbonyl (C=O) groups is 4. The van der Waals surface area contributed by atoms with Crippen LogP contribution in [0.5, 0.6) is 5.75 Å². The molecule has 0 aliphatic rings. The quantitative estimate of drug-likeness (QED) is 0.268. The van der Waals surface area contributed by atoms with Crippen LogP contribution in [0, 0.1) is 0 Å². The van der Waals surface area contributed by atoms with Crippen LogP contribution in [0.15, 0.2) is 54.6 Å². The van der Waals surface area contributed by atoms with Crippen LogP contribution in [-0.4, -0.2) is 60.6 Å². The Bertz CT molecular complexity index is 981. The van der Waals surface area contributed by atoms with Crippen LogP contribution in [0.25, 0.3) is 0 Å². The van der Waals surface area contributed by atoms with Crippen molar-refractivity contribution in [3.05, 3.63) is 65.7 Å². The van der Waals surface area contributed by atoms with E-state index in [9.17, 15) is 24.3 Å². The Morgan fingerprint density at radius 2 is 1.50 bits per heavy atom. The number of esters is 1. The molecule has 0 saturated heterocycles. The first-order valence-corrected chi connectivity index (χ1v) is 10.7. The second-order valence-electron chi connectivity index (χ2n) is 7.77. The van der Waals surface area contributed by atoms with E-state index >= 15 is 0 Å². The average molecular weight is 471 g/mol. The maximum absolute atomic E-state index is 12.9. The smallest absolute Gasteiger partial charge is 0.323 e. The van der Waals surface area contributed by atoms with Crippen LogP contribution in [0.1, 0.15) is 18.1 Å². The summed E-state index contributed by atoms with van der Waals surface area (Å²) >= 11 is 0. The van der Waals surface area contributed by atoms with E-state index in [0.29, 0.717) is 0 Å². The van der Waals surface area contributed by atoms with Crippen molar-refractivity contribution in [3.8, 4) is 5.75 Å². The van der Waals surface area contributed by atoms with Crippen molar-refractivity contribution >= 4 is 23.7 Å². The molecule has 10 nitrogen and oxygen atoms in total. The van der Waals surface area contributed by atoms with Crippen molar-refractivity contribution in [2.45, 2.75) is 37.9 Å². The van der Waals surface area contributed by atoms with E-state index in [-0.39, 0.29) is 25.1 Å². The lowest BCUT2D eigenvalue weighted by atomic mass is 10.0. The van der Waals surface area contributed by atoms with Crippen molar-refractivity contribution in [2.24, 2.45) is 5.73 Å². The SMILES string of the molecule is COC(=O)[C@@H](Cc1ccc(O)cc1)N[C@H](C)C(=O)N[C@@H](Cc1ccccc1)C(=O)NCC(N)=O. The van der Waals surface area contributed by atoms with E-state index in [1.54, 1.807) is 19.1 Å². The average Bonchev–Trinajstić information content (AvgIpc) is 2.82. The van der Waals surface area contributed by atoms with Crippen LogP contribution in [0.2, 0.25) is 0 Å². The highest BCUT2D eigenvalue weighted by Gasteiger charge is 2.28. The molecule has 0 saturated carbocycles. The van der Waals surface area contributed by atoms with Crippen LogP contribution < -0.4 is 21.7 Å². The van der Waals surface area contributed by atoms with Gasteiger partial charge in [-0.25, -0.2) is 0 Å². The largest absolute Gasteiger partial charge is 0.508 e. The number of amides is 3. The highest BCUT2D eigenvalue weighted by molar-refractivity contribution is 5.92. The number of hydrogen-bond acceptors (Lipinski definition) is 7. The van der Waals surface area contributed by atoms with Gasteiger partial charge in [0.25, 0.3) is 0 Å². The van der Waals surface area contributed by atoms with Gasteiger partial charge < -0.3 is 26.2 Å². The normalized spacial score (nSPS) is 13.2. The zero-order valence-corrected chi connectivity index (χ0v) is 19.1. The van der Waals surface area contributed by atoms with E-state index in [4.69, 9.17) is 10.5 Å². The molecule has 0 aromatic heterocycles. The molecular weight excluding hydrogens is 440 g/mol. The predicted octanol–water partition coefficient (Wildman–Crippen LogP) is -0.217. The molecule has 34 heavy (non-hydrogen) atoms. The summed E-state index contributed by atoms with van der Waals surface area (Å²) in [6, 6.07) is 12.7. The van der Waals surface area contributed by atoms with Gasteiger partial charge in [0, 0.05) is 6.42 Å². The lowest BCUT2D eigenvalue weighted by molar-refractivity contribution is -0.143. The number of benzene rings is 2. The monoisotopic (exact) mass is 470 g/mol. The molecule has 2 aromatic carbocycles. The van der Waals surface area contributed by atoms with E-state index in [0.717, 1.165) is 11.1 Å². The minimum Gasteiger partial charge on any atom is -0.508 e. The van der Waals surface area contributed by atoms with Crippen LogP contribution in [0.4, 0.5) is 0 Å². The van der Waals surface area contributed by atoms with Gasteiger partial charge in [0.05, 0.1) is 19.7 Å². The number of phenols is 1. The van der Waals surface area contributed by atoms with E-state index in [1.165, 1.54) is 19.2 Å².